The van der Waals surface area contributed by atoms with Crippen LogP contribution in [0.25, 0.3) is 0 Å². The maximum Gasteiger partial charge on any atom is 0.302 e. The second-order valence-electron chi connectivity index (χ2n) is 4.49. The summed E-state index contributed by atoms with van der Waals surface area (Å²) in [5.41, 5.74) is 0. The highest BCUT2D eigenvalue weighted by atomic mass is 16.5. The summed E-state index contributed by atoms with van der Waals surface area (Å²) in [7, 11) is 0. The van der Waals surface area contributed by atoms with Crippen molar-refractivity contribution >= 4 is 5.97 Å². The van der Waals surface area contributed by atoms with Crippen LogP contribution in [0, 0.1) is 23.7 Å². The van der Waals surface area contributed by atoms with E-state index in [0.717, 1.165) is 11.8 Å². The number of carbonyl (C=O) groups excluding carboxylic acids is 1. The number of allylic oxidation sites excluding steroid dienone is 2. The van der Waals surface area contributed by atoms with Crippen LogP contribution in [0.4, 0.5) is 0 Å². The molecule has 4 unspecified atom stereocenters. The predicted molar refractivity (Wildman–Crippen MR) is 54.6 cm³/mol. The van der Waals surface area contributed by atoms with E-state index in [1.165, 1.54) is 19.8 Å². The minimum absolute atomic E-state index is 0.147. The molecule has 4 atom stereocenters. The standard InChI is InChI=1S/C12H18O2/c1-3-11-9-4-5-10(6-9)12(11)7-14-8(2)13/h4-5,9-12H,3,6-7H2,1-2H3. The van der Waals surface area contributed by atoms with Gasteiger partial charge in [0, 0.05) is 12.8 Å². The molecule has 0 heterocycles. The van der Waals surface area contributed by atoms with Crippen molar-refractivity contribution in [2.75, 3.05) is 6.61 Å². The largest absolute Gasteiger partial charge is 0.466 e. The van der Waals surface area contributed by atoms with Gasteiger partial charge in [-0.15, -0.1) is 0 Å². The van der Waals surface area contributed by atoms with Gasteiger partial charge in [-0.1, -0.05) is 25.5 Å². The van der Waals surface area contributed by atoms with E-state index in [-0.39, 0.29) is 5.97 Å². The Morgan fingerprint density at radius 2 is 2.00 bits per heavy atom. The van der Waals surface area contributed by atoms with Gasteiger partial charge >= 0.3 is 5.97 Å². The highest BCUT2D eigenvalue weighted by Gasteiger charge is 2.43. The molecule has 2 bridgehead atoms. The normalized spacial score (nSPS) is 39.0. The third kappa shape index (κ3) is 1.58. The fourth-order valence-electron chi connectivity index (χ4n) is 3.09. The Balaban J connectivity index is 1.97. The van der Waals surface area contributed by atoms with Gasteiger partial charge in [0.1, 0.15) is 0 Å². The molecule has 0 N–H and O–H groups in total. The van der Waals surface area contributed by atoms with Gasteiger partial charge < -0.3 is 4.74 Å². The lowest BCUT2D eigenvalue weighted by atomic mass is 9.82. The van der Waals surface area contributed by atoms with Crippen LogP contribution in [0.15, 0.2) is 12.2 Å². The van der Waals surface area contributed by atoms with Crippen LogP contribution >= 0.6 is 0 Å². The van der Waals surface area contributed by atoms with E-state index in [0.29, 0.717) is 18.4 Å². The van der Waals surface area contributed by atoms with Crippen molar-refractivity contribution in [3.63, 3.8) is 0 Å². The minimum Gasteiger partial charge on any atom is -0.466 e. The molecular formula is C12H18O2. The Kier molecular flexibility index (Phi) is 2.62. The SMILES string of the molecule is CCC1C2C=CC(C2)C1COC(C)=O. The molecule has 2 aliphatic carbocycles. The third-order valence-corrected chi connectivity index (χ3v) is 3.75. The van der Waals surface area contributed by atoms with E-state index in [1.807, 2.05) is 0 Å². The van der Waals surface area contributed by atoms with Crippen LogP contribution in [0.3, 0.4) is 0 Å². The zero-order valence-electron chi connectivity index (χ0n) is 8.90. The number of carbonyl (C=O) groups is 1. The lowest BCUT2D eigenvalue weighted by Crippen LogP contribution is -2.24. The predicted octanol–water partition coefficient (Wildman–Crippen LogP) is 2.40. The van der Waals surface area contributed by atoms with Crippen LogP contribution < -0.4 is 0 Å². The number of fused-ring (bicyclic) bond motifs is 2. The van der Waals surface area contributed by atoms with Crippen LogP contribution in [0.2, 0.25) is 0 Å². The van der Waals surface area contributed by atoms with Gasteiger partial charge in [-0.05, 0) is 24.2 Å². The van der Waals surface area contributed by atoms with Crippen LogP contribution in [-0.2, 0) is 9.53 Å². The molecule has 1 fully saturated rings. The molecular weight excluding hydrogens is 176 g/mol. The molecule has 0 saturated heterocycles. The fraction of sp³-hybridized carbons (Fsp3) is 0.750. The molecule has 2 aliphatic rings. The summed E-state index contributed by atoms with van der Waals surface area (Å²) >= 11 is 0. The summed E-state index contributed by atoms with van der Waals surface area (Å²) in [6.07, 6.45) is 7.15. The van der Waals surface area contributed by atoms with Crippen molar-refractivity contribution in [3.05, 3.63) is 12.2 Å². The van der Waals surface area contributed by atoms with E-state index < -0.39 is 0 Å². The zero-order chi connectivity index (χ0) is 10.1. The van der Waals surface area contributed by atoms with Gasteiger partial charge in [0.05, 0.1) is 6.61 Å². The number of hydrogen-bond acceptors (Lipinski definition) is 2. The van der Waals surface area contributed by atoms with E-state index in [4.69, 9.17) is 4.74 Å². The van der Waals surface area contributed by atoms with Gasteiger partial charge in [-0.25, -0.2) is 0 Å². The average molecular weight is 194 g/mol. The first kappa shape index (κ1) is 9.75. The minimum atomic E-state index is -0.147. The van der Waals surface area contributed by atoms with Crippen molar-refractivity contribution in [3.8, 4) is 0 Å². The molecule has 0 aromatic rings. The summed E-state index contributed by atoms with van der Waals surface area (Å²) in [4.78, 5) is 10.8. The highest BCUT2D eigenvalue weighted by Crippen LogP contribution is 2.49. The van der Waals surface area contributed by atoms with Crippen molar-refractivity contribution in [1.29, 1.82) is 0 Å². The number of rotatable bonds is 3. The molecule has 0 radical (unpaired) electrons. The second kappa shape index (κ2) is 3.76. The van der Waals surface area contributed by atoms with Crippen LogP contribution in [-0.4, -0.2) is 12.6 Å². The Morgan fingerprint density at radius 1 is 1.36 bits per heavy atom. The van der Waals surface area contributed by atoms with Gasteiger partial charge in [0.25, 0.3) is 0 Å². The highest BCUT2D eigenvalue weighted by molar-refractivity contribution is 5.65. The Hall–Kier alpha value is -0.790. The topological polar surface area (TPSA) is 26.3 Å². The first-order valence-corrected chi connectivity index (χ1v) is 5.54. The Morgan fingerprint density at radius 3 is 2.57 bits per heavy atom. The van der Waals surface area contributed by atoms with E-state index in [1.54, 1.807) is 0 Å². The Bertz CT molecular complexity index is 257. The number of esters is 1. The third-order valence-electron chi connectivity index (χ3n) is 3.75. The molecule has 1 saturated carbocycles. The van der Waals surface area contributed by atoms with Gasteiger partial charge in [-0.2, -0.15) is 0 Å². The summed E-state index contributed by atoms with van der Waals surface area (Å²) in [6.45, 7) is 4.35. The molecule has 2 rings (SSSR count). The molecule has 0 spiro atoms. The first-order valence-electron chi connectivity index (χ1n) is 5.54. The smallest absolute Gasteiger partial charge is 0.302 e. The fourth-order valence-corrected chi connectivity index (χ4v) is 3.09. The molecule has 78 valence electrons. The molecule has 14 heavy (non-hydrogen) atoms. The van der Waals surface area contributed by atoms with Gasteiger partial charge in [0.15, 0.2) is 0 Å². The van der Waals surface area contributed by atoms with Crippen molar-refractivity contribution in [2.45, 2.75) is 26.7 Å². The Labute approximate surface area is 85.3 Å². The second-order valence-corrected chi connectivity index (χ2v) is 4.49. The zero-order valence-corrected chi connectivity index (χ0v) is 8.90. The van der Waals surface area contributed by atoms with Crippen LogP contribution in [0.1, 0.15) is 26.7 Å². The van der Waals surface area contributed by atoms with E-state index >= 15 is 0 Å². The summed E-state index contributed by atoms with van der Waals surface area (Å²) in [5, 5.41) is 0. The van der Waals surface area contributed by atoms with Crippen molar-refractivity contribution in [2.24, 2.45) is 23.7 Å². The molecule has 0 aliphatic heterocycles. The summed E-state index contributed by atoms with van der Waals surface area (Å²) < 4.78 is 5.14. The maximum atomic E-state index is 10.8. The van der Waals surface area contributed by atoms with E-state index in [2.05, 4.69) is 19.1 Å². The van der Waals surface area contributed by atoms with Crippen molar-refractivity contribution in [1.82, 2.24) is 0 Å². The van der Waals surface area contributed by atoms with E-state index in [9.17, 15) is 4.79 Å². The number of hydrogen-bond donors (Lipinski definition) is 0. The molecule has 0 amide bonds. The lowest BCUT2D eigenvalue weighted by molar-refractivity contribution is -0.143. The number of ether oxygens (including phenoxy) is 1. The maximum absolute atomic E-state index is 10.8. The summed E-state index contributed by atoms with van der Waals surface area (Å²) in [6, 6.07) is 0. The van der Waals surface area contributed by atoms with Gasteiger partial charge in [-0.3, -0.25) is 4.79 Å². The molecule has 2 nitrogen and oxygen atoms in total. The molecule has 2 heteroatoms. The van der Waals surface area contributed by atoms with Crippen molar-refractivity contribution < 1.29 is 9.53 Å². The van der Waals surface area contributed by atoms with Gasteiger partial charge in [0.2, 0.25) is 0 Å². The molecule has 0 aromatic heterocycles. The summed E-state index contributed by atoms with van der Waals surface area (Å²) in [5.74, 6) is 2.60. The lowest BCUT2D eigenvalue weighted by Gasteiger charge is -2.26. The molecule has 0 aromatic carbocycles. The monoisotopic (exact) mass is 194 g/mol. The first-order chi connectivity index (χ1) is 6.72. The average Bonchev–Trinajstić information content (AvgIpc) is 2.72. The van der Waals surface area contributed by atoms with Crippen LogP contribution in [0.5, 0.6) is 0 Å². The quantitative estimate of drug-likeness (QED) is 0.509.